The first kappa shape index (κ1) is 23.1. The van der Waals surface area contributed by atoms with Crippen LogP contribution in [0.5, 0.6) is 0 Å². The fourth-order valence-corrected chi connectivity index (χ4v) is 4.09. The van der Waals surface area contributed by atoms with E-state index in [1.807, 2.05) is 13.0 Å². The average molecular weight is 477 g/mol. The summed E-state index contributed by atoms with van der Waals surface area (Å²) in [6, 6.07) is 17.4. The van der Waals surface area contributed by atoms with Crippen molar-refractivity contribution in [1.82, 2.24) is 0 Å². The Hall–Kier alpha value is -2.54. The van der Waals surface area contributed by atoms with Crippen LogP contribution in [0.25, 0.3) is 0 Å². The maximum absolute atomic E-state index is 13.0. The molecule has 0 saturated carbocycles. The lowest BCUT2D eigenvalue weighted by atomic mass is 10.2. The molecule has 0 aliphatic heterocycles. The van der Waals surface area contributed by atoms with Gasteiger partial charge in [0, 0.05) is 21.2 Å². The van der Waals surface area contributed by atoms with Gasteiger partial charge in [-0.2, -0.15) is 0 Å². The second-order valence-corrected chi connectivity index (χ2v) is 8.74. The highest BCUT2D eigenvalue weighted by Gasteiger charge is 2.19. The minimum Gasteiger partial charge on any atom is -0.324 e. The molecule has 0 saturated heterocycles. The molecule has 3 aromatic rings. The van der Waals surface area contributed by atoms with Gasteiger partial charge in [0.1, 0.15) is 5.82 Å². The summed E-state index contributed by atoms with van der Waals surface area (Å²) in [5, 5.41) is 6.11. The molecule has 8 heteroatoms. The zero-order valence-corrected chi connectivity index (χ0v) is 18.8. The molecule has 0 aliphatic rings. The van der Waals surface area contributed by atoms with E-state index in [4.69, 9.17) is 23.2 Å². The quantitative estimate of drug-likeness (QED) is 0.364. The molecular weight excluding hydrogens is 458 g/mol. The largest absolute Gasteiger partial charge is 0.324 e. The van der Waals surface area contributed by atoms with E-state index in [2.05, 4.69) is 10.6 Å². The van der Waals surface area contributed by atoms with Gasteiger partial charge in [0.05, 0.1) is 16.0 Å². The fraction of sp³-hybridized carbons (Fsp3) is 0.130. The Labute approximate surface area is 194 Å². The number of nitrogens with one attached hydrogen (secondary N) is 2. The summed E-state index contributed by atoms with van der Waals surface area (Å²) < 4.78 is 13.0. The number of rotatable bonds is 7. The van der Waals surface area contributed by atoms with Crippen molar-refractivity contribution >= 4 is 58.2 Å². The fourth-order valence-electron chi connectivity index (χ4n) is 2.74. The highest BCUT2D eigenvalue weighted by atomic mass is 35.5. The molecule has 0 aromatic heterocycles. The number of anilines is 2. The first-order valence-corrected chi connectivity index (χ1v) is 11.1. The second-order valence-electron chi connectivity index (χ2n) is 6.62. The van der Waals surface area contributed by atoms with E-state index in [-0.39, 0.29) is 17.1 Å². The number of hydrogen-bond donors (Lipinski definition) is 2. The van der Waals surface area contributed by atoms with E-state index in [1.54, 1.807) is 36.4 Å². The summed E-state index contributed by atoms with van der Waals surface area (Å²) in [4.78, 5) is 25.9. The maximum atomic E-state index is 13.0. The predicted molar refractivity (Wildman–Crippen MR) is 126 cm³/mol. The number of benzene rings is 3. The molecule has 3 rings (SSSR count). The number of carbonyl (C=O) groups is 2. The minimum absolute atomic E-state index is 0.197. The standard InChI is InChI=1S/C23H19Cl2FN2O2S/c1-2-21(23(30)28-20-12-15(24)8-11-19(20)25)31-18-5-3-4-17(13-18)27-22(29)14-6-9-16(26)10-7-14/h3-13,21H,2H2,1H3,(H,27,29)(H,28,30). The van der Waals surface area contributed by atoms with Crippen molar-refractivity contribution < 1.29 is 14.0 Å². The molecule has 0 heterocycles. The normalized spacial score (nSPS) is 11.6. The van der Waals surface area contributed by atoms with Crippen LogP contribution in [-0.2, 0) is 4.79 Å². The van der Waals surface area contributed by atoms with Gasteiger partial charge < -0.3 is 10.6 Å². The van der Waals surface area contributed by atoms with Crippen LogP contribution in [0.4, 0.5) is 15.8 Å². The summed E-state index contributed by atoms with van der Waals surface area (Å²) in [5.74, 6) is -0.946. The summed E-state index contributed by atoms with van der Waals surface area (Å²) >= 11 is 13.5. The van der Waals surface area contributed by atoms with E-state index >= 15 is 0 Å². The van der Waals surface area contributed by atoms with Gasteiger partial charge in [0.25, 0.3) is 5.91 Å². The highest BCUT2D eigenvalue weighted by molar-refractivity contribution is 8.00. The van der Waals surface area contributed by atoms with Crippen LogP contribution in [0.3, 0.4) is 0 Å². The van der Waals surface area contributed by atoms with Gasteiger partial charge in [-0.15, -0.1) is 11.8 Å². The molecule has 4 nitrogen and oxygen atoms in total. The third-order valence-corrected chi connectivity index (χ3v) is 6.25. The molecule has 3 aromatic carbocycles. The summed E-state index contributed by atoms with van der Waals surface area (Å²) in [6.45, 7) is 1.91. The molecule has 0 fully saturated rings. The molecule has 0 spiro atoms. The summed E-state index contributed by atoms with van der Waals surface area (Å²) in [5.41, 5.74) is 1.38. The molecule has 0 bridgehead atoms. The van der Waals surface area contributed by atoms with Gasteiger partial charge in [-0.25, -0.2) is 4.39 Å². The zero-order valence-electron chi connectivity index (χ0n) is 16.5. The van der Waals surface area contributed by atoms with Gasteiger partial charge in [0.15, 0.2) is 0 Å². The maximum Gasteiger partial charge on any atom is 0.255 e. The molecule has 1 atom stereocenters. The summed E-state index contributed by atoms with van der Waals surface area (Å²) in [6.07, 6.45) is 0.584. The Morgan fingerprint density at radius 2 is 1.74 bits per heavy atom. The Morgan fingerprint density at radius 3 is 2.45 bits per heavy atom. The van der Waals surface area contributed by atoms with Gasteiger partial charge in [-0.3, -0.25) is 9.59 Å². The van der Waals surface area contributed by atoms with Crippen molar-refractivity contribution in [2.24, 2.45) is 0 Å². The van der Waals surface area contributed by atoms with Crippen molar-refractivity contribution in [1.29, 1.82) is 0 Å². The van der Waals surface area contributed by atoms with E-state index in [9.17, 15) is 14.0 Å². The second kappa shape index (κ2) is 10.7. The van der Waals surface area contributed by atoms with Crippen LogP contribution in [-0.4, -0.2) is 17.1 Å². The van der Waals surface area contributed by atoms with Crippen molar-refractivity contribution in [3.05, 3.63) is 88.2 Å². The van der Waals surface area contributed by atoms with Gasteiger partial charge in [0.2, 0.25) is 5.91 Å². The molecule has 0 aliphatic carbocycles. The molecule has 2 N–H and O–H groups in total. The molecule has 160 valence electrons. The van der Waals surface area contributed by atoms with Gasteiger partial charge in [-0.05, 0) is 67.1 Å². The number of carbonyl (C=O) groups excluding carboxylic acids is 2. The van der Waals surface area contributed by atoms with E-state index in [0.717, 1.165) is 4.90 Å². The Bertz CT molecular complexity index is 1090. The Kier molecular flexibility index (Phi) is 7.96. The molecule has 1 unspecified atom stereocenters. The number of amides is 2. The van der Waals surface area contributed by atoms with Crippen molar-refractivity contribution in [3.8, 4) is 0 Å². The van der Waals surface area contributed by atoms with Crippen LogP contribution >= 0.6 is 35.0 Å². The summed E-state index contributed by atoms with van der Waals surface area (Å²) in [7, 11) is 0. The van der Waals surface area contributed by atoms with E-state index in [0.29, 0.717) is 33.4 Å². The minimum atomic E-state index is -0.405. The number of halogens is 3. The lowest BCUT2D eigenvalue weighted by Crippen LogP contribution is -2.24. The first-order valence-electron chi connectivity index (χ1n) is 9.45. The lowest BCUT2D eigenvalue weighted by Gasteiger charge is -2.16. The van der Waals surface area contributed by atoms with Crippen LogP contribution in [0.1, 0.15) is 23.7 Å². The van der Waals surface area contributed by atoms with Crippen LogP contribution in [0, 0.1) is 5.82 Å². The van der Waals surface area contributed by atoms with E-state index in [1.165, 1.54) is 36.0 Å². The van der Waals surface area contributed by atoms with Crippen LogP contribution in [0.15, 0.2) is 71.6 Å². The van der Waals surface area contributed by atoms with Gasteiger partial charge >= 0.3 is 0 Å². The predicted octanol–water partition coefficient (Wildman–Crippen LogP) is 6.89. The average Bonchev–Trinajstić information content (AvgIpc) is 2.75. The van der Waals surface area contributed by atoms with Crippen molar-refractivity contribution in [2.75, 3.05) is 10.6 Å². The first-order chi connectivity index (χ1) is 14.9. The van der Waals surface area contributed by atoms with Crippen molar-refractivity contribution in [3.63, 3.8) is 0 Å². The number of thioether (sulfide) groups is 1. The van der Waals surface area contributed by atoms with Crippen LogP contribution in [0.2, 0.25) is 10.0 Å². The van der Waals surface area contributed by atoms with Crippen molar-refractivity contribution in [2.45, 2.75) is 23.5 Å². The SMILES string of the molecule is CCC(Sc1cccc(NC(=O)c2ccc(F)cc2)c1)C(=O)Nc1cc(Cl)ccc1Cl. The van der Waals surface area contributed by atoms with E-state index < -0.39 is 5.82 Å². The number of hydrogen-bond acceptors (Lipinski definition) is 3. The molecular formula is C23H19Cl2FN2O2S. The Morgan fingerprint density at radius 1 is 1.00 bits per heavy atom. The lowest BCUT2D eigenvalue weighted by molar-refractivity contribution is -0.115. The molecule has 2 amide bonds. The third-order valence-electron chi connectivity index (χ3n) is 4.33. The smallest absolute Gasteiger partial charge is 0.255 e. The molecule has 0 radical (unpaired) electrons. The topological polar surface area (TPSA) is 58.2 Å². The van der Waals surface area contributed by atoms with Gasteiger partial charge in [-0.1, -0.05) is 36.2 Å². The highest BCUT2D eigenvalue weighted by Crippen LogP contribution is 2.30. The molecule has 31 heavy (non-hydrogen) atoms. The third kappa shape index (κ3) is 6.47. The van der Waals surface area contributed by atoms with Crippen LogP contribution < -0.4 is 10.6 Å². The monoisotopic (exact) mass is 476 g/mol. The zero-order chi connectivity index (χ0) is 22.4. The Balaban J connectivity index is 1.68.